The van der Waals surface area contributed by atoms with Gasteiger partial charge >= 0.3 is 0 Å². The number of nitrogens with zero attached hydrogens (tertiary/aromatic N) is 3. The van der Waals surface area contributed by atoms with Crippen LogP contribution < -0.4 is 5.56 Å². The van der Waals surface area contributed by atoms with Crippen LogP contribution in [0.3, 0.4) is 0 Å². The predicted octanol–water partition coefficient (Wildman–Crippen LogP) is 2.49. The minimum absolute atomic E-state index is 0.0721. The van der Waals surface area contributed by atoms with Crippen LogP contribution in [0.2, 0.25) is 0 Å². The van der Waals surface area contributed by atoms with Gasteiger partial charge in [-0.3, -0.25) is 14.5 Å². The molecule has 5 rings (SSSR count). The van der Waals surface area contributed by atoms with E-state index in [1.54, 1.807) is 17.3 Å². The van der Waals surface area contributed by atoms with Gasteiger partial charge in [0.1, 0.15) is 10.7 Å². The molecule has 3 heterocycles. The second-order valence-electron chi connectivity index (χ2n) is 8.77. The molecule has 0 unspecified atom stereocenters. The molecule has 1 N–H and O–H groups in total. The van der Waals surface area contributed by atoms with Crippen LogP contribution in [0.1, 0.15) is 45.5 Å². The summed E-state index contributed by atoms with van der Waals surface area (Å²) in [5.74, 6) is 0.455. The number of aryl methyl sites for hydroxylation is 3. The van der Waals surface area contributed by atoms with Gasteiger partial charge < -0.3 is 4.98 Å². The van der Waals surface area contributed by atoms with Crippen molar-refractivity contribution in [1.29, 1.82) is 0 Å². The molecule has 174 valence electrons. The van der Waals surface area contributed by atoms with E-state index in [9.17, 15) is 18.0 Å². The molecule has 1 fully saturated rings. The molecule has 1 aromatic carbocycles. The molecule has 0 saturated carbocycles. The summed E-state index contributed by atoms with van der Waals surface area (Å²) in [6.45, 7) is 5.55. The number of sulfonamides is 1. The lowest BCUT2D eigenvalue weighted by Crippen LogP contribution is -2.48. The van der Waals surface area contributed by atoms with Crippen molar-refractivity contribution in [1.82, 2.24) is 19.2 Å². The maximum Gasteiger partial charge on any atom is 0.259 e. The Balaban J connectivity index is 1.29. The number of nitrogens with one attached hydrogen (secondary N) is 1. The van der Waals surface area contributed by atoms with Crippen molar-refractivity contribution in [2.45, 2.75) is 44.6 Å². The van der Waals surface area contributed by atoms with Gasteiger partial charge in [0.05, 0.1) is 21.7 Å². The number of aromatic nitrogens is 2. The zero-order valence-corrected chi connectivity index (χ0v) is 20.3. The molecule has 10 heteroatoms. The number of aromatic amines is 1. The average Bonchev–Trinajstić information content (AvgIpc) is 3.38. The van der Waals surface area contributed by atoms with Gasteiger partial charge in [0.2, 0.25) is 10.0 Å². The highest BCUT2D eigenvalue weighted by Gasteiger charge is 2.30. The number of carbonyl (C=O) groups excluding carboxylic acids is 1. The van der Waals surface area contributed by atoms with Crippen LogP contribution in [-0.2, 0) is 29.4 Å². The molecule has 0 atom stereocenters. The van der Waals surface area contributed by atoms with Crippen LogP contribution >= 0.6 is 11.3 Å². The number of piperazine rings is 1. The Kier molecular flexibility index (Phi) is 5.72. The quantitative estimate of drug-likeness (QED) is 0.556. The van der Waals surface area contributed by atoms with Gasteiger partial charge in [-0.25, -0.2) is 13.4 Å². The fourth-order valence-corrected chi connectivity index (χ4v) is 7.37. The van der Waals surface area contributed by atoms with E-state index in [1.165, 1.54) is 23.8 Å². The number of carbonyl (C=O) groups is 1. The number of ketones is 1. The van der Waals surface area contributed by atoms with Crippen molar-refractivity contribution in [2.24, 2.45) is 0 Å². The molecule has 8 nitrogen and oxygen atoms in total. The SMILES string of the molecule is CC(=O)c1sc2nc(CN3CCN(S(=O)(=O)c4ccc5c(c4)CCC5)CC3)[nH]c(=O)c2c1C. The maximum atomic E-state index is 13.2. The van der Waals surface area contributed by atoms with Crippen LogP contribution in [0.5, 0.6) is 0 Å². The van der Waals surface area contributed by atoms with E-state index in [4.69, 9.17) is 0 Å². The number of hydrogen-bond donors (Lipinski definition) is 1. The molecule has 0 amide bonds. The van der Waals surface area contributed by atoms with Crippen molar-refractivity contribution >= 4 is 37.4 Å². The largest absolute Gasteiger partial charge is 0.309 e. The van der Waals surface area contributed by atoms with Crippen LogP contribution in [0.25, 0.3) is 10.2 Å². The van der Waals surface area contributed by atoms with Crippen molar-refractivity contribution in [3.8, 4) is 0 Å². The molecule has 2 aliphatic rings. The standard InChI is InChI=1S/C23H26N4O4S2/c1-14-20-22(29)24-19(25-23(20)32-21(14)15(2)28)13-26-8-10-27(11-9-26)33(30,31)18-7-6-16-4-3-5-17(16)12-18/h6-7,12H,3-5,8-11,13H2,1-2H3,(H,24,25,29). The van der Waals surface area contributed by atoms with Crippen LogP contribution in [0, 0.1) is 6.92 Å². The fourth-order valence-electron chi connectivity index (χ4n) is 4.80. The van der Waals surface area contributed by atoms with Crippen LogP contribution in [0.15, 0.2) is 27.9 Å². The summed E-state index contributed by atoms with van der Waals surface area (Å²) in [5, 5.41) is 0.471. The lowest BCUT2D eigenvalue weighted by molar-refractivity contribution is 0.102. The molecular formula is C23H26N4O4S2. The lowest BCUT2D eigenvalue weighted by Gasteiger charge is -2.33. The van der Waals surface area contributed by atoms with E-state index in [0.717, 1.165) is 24.8 Å². The van der Waals surface area contributed by atoms with Gasteiger partial charge in [-0.2, -0.15) is 4.31 Å². The number of benzene rings is 1. The topological polar surface area (TPSA) is 103 Å². The van der Waals surface area contributed by atoms with Gasteiger partial charge in [-0.1, -0.05) is 6.07 Å². The Morgan fingerprint density at radius 1 is 1.15 bits per heavy atom. The highest BCUT2D eigenvalue weighted by atomic mass is 32.2. The summed E-state index contributed by atoms with van der Waals surface area (Å²) in [6, 6.07) is 5.52. The first-order valence-corrected chi connectivity index (χ1v) is 13.4. The van der Waals surface area contributed by atoms with Crippen molar-refractivity contribution in [3.63, 3.8) is 0 Å². The van der Waals surface area contributed by atoms with Gasteiger partial charge in [0.15, 0.2) is 5.78 Å². The number of fused-ring (bicyclic) bond motifs is 2. The first kappa shape index (κ1) is 22.4. The Morgan fingerprint density at radius 3 is 2.61 bits per heavy atom. The Hall–Kier alpha value is -2.40. The molecule has 1 saturated heterocycles. The Labute approximate surface area is 196 Å². The summed E-state index contributed by atoms with van der Waals surface area (Å²) in [5.41, 5.74) is 2.84. The first-order chi connectivity index (χ1) is 15.7. The number of H-pyrrole nitrogens is 1. The van der Waals surface area contributed by atoms with Gasteiger partial charge in [-0.05, 0) is 61.9 Å². The zero-order valence-electron chi connectivity index (χ0n) is 18.7. The van der Waals surface area contributed by atoms with Gasteiger partial charge in [0.25, 0.3) is 5.56 Å². The van der Waals surface area contributed by atoms with Crippen molar-refractivity contribution in [3.05, 3.63) is 55.9 Å². The summed E-state index contributed by atoms with van der Waals surface area (Å²) >= 11 is 1.25. The molecular weight excluding hydrogens is 460 g/mol. The molecule has 1 aliphatic heterocycles. The smallest absolute Gasteiger partial charge is 0.259 e. The van der Waals surface area contributed by atoms with Crippen molar-refractivity contribution in [2.75, 3.05) is 26.2 Å². The molecule has 3 aromatic rings. The highest BCUT2D eigenvalue weighted by molar-refractivity contribution is 7.89. The van der Waals surface area contributed by atoms with E-state index in [0.29, 0.717) is 64.1 Å². The summed E-state index contributed by atoms with van der Waals surface area (Å²) < 4.78 is 27.9. The van der Waals surface area contributed by atoms with Gasteiger partial charge in [0, 0.05) is 26.2 Å². The normalized spacial score (nSPS) is 17.5. The summed E-state index contributed by atoms with van der Waals surface area (Å²) in [7, 11) is -3.52. The van der Waals surface area contributed by atoms with Crippen LogP contribution in [-0.4, -0.2) is 59.6 Å². The van der Waals surface area contributed by atoms with E-state index in [-0.39, 0.29) is 11.3 Å². The molecule has 0 bridgehead atoms. The van der Waals surface area contributed by atoms with Gasteiger partial charge in [-0.15, -0.1) is 11.3 Å². The molecule has 33 heavy (non-hydrogen) atoms. The first-order valence-electron chi connectivity index (χ1n) is 11.1. The Morgan fingerprint density at radius 2 is 1.88 bits per heavy atom. The highest BCUT2D eigenvalue weighted by Crippen LogP contribution is 2.28. The third kappa shape index (κ3) is 4.05. The van der Waals surface area contributed by atoms with E-state index >= 15 is 0 Å². The summed E-state index contributed by atoms with van der Waals surface area (Å²) in [4.78, 5) is 35.4. The number of thiophene rings is 1. The third-order valence-electron chi connectivity index (χ3n) is 6.58. The maximum absolute atomic E-state index is 13.2. The Bertz CT molecular complexity index is 1420. The van der Waals surface area contributed by atoms with E-state index in [2.05, 4.69) is 14.9 Å². The predicted molar refractivity (Wildman–Crippen MR) is 127 cm³/mol. The second-order valence-corrected chi connectivity index (χ2v) is 11.7. The number of Topliss-reactive ketones (excluding diaryl/α,β-unsaturated/α-hetero) is 1. The second kappa shape index (κ2) is 8.43. The molecule has 0 spiro atoms. The average molecular weight is 487 g/mol. The van der Waals surface area contributed by atoms with E-state index in [1.807, 2.05) is 12.1 Å². The monoisotopic (exact) mass is 486 g/mol. The summed E-state index contributed by atoms with van der Waals surface area (Å²) in [6.07, 6.45) is 3.05. The lowest BCUT2D eigenvalue weighted by atomic mass is 10.1. The van der Waals surface area contributed by atoms with E-state index < -0.39 is 10.0 Å². The molecule has 1 aliphatic carbocycles. The minimum Gasteiger partial charge on any atom is -0.309 e. The molecule has 2 aromatic heterocycles. The number of hydrogen-bond acceptors (Lipinski definition) is 7. The van der Waals surface area contributed by atoms with Crippen molar-refractivity contribution < 1.29 is 13.2 Å². The molecule has 0 radical (unpaired) electrons. The zero-order chi connectivity index (χ0) is 23.3. The third-order valence-corrected chi connectivity index (χ3v) is 9.76. The number of rotatable bonds is 5. The minimum atomic E-state index is -3.52. The fraction of sp³-hybridized carbons (Fsp3) is 0.435. The van der Waals surface area contributed by atoms with Crippen LogP contribution in [0.4, 0.5) is 0 Å².